The zero-order chi connectivity index (χ0) is 14.3. The minimum absolute atomic E-state index is 0.785. The van der Waals surface area contributed by atoms with Crippen LogP contribution in [0, 0.1) is 34.9 Å². The normalized spacial score (nSPS) is 10.8. The highest BCUT2D eigenvalue weighted by Gasteiger charge is 2.28. The number of hydrogen-bond acceptors (Lipinski definition) is 1. The van der Waals surface area contributed by atoms with E-state index in [9.17, 15) is 26.3 Å². The topological polar surface area (TPSA) is 20.2 Å². The van der Waals surface area contributed by atoms with Gasteiger partial charge in [-0.25, -0.2) is 26.3 Å². The average Bonchev–Trinajstić information content (AvgIpc) is 2.39. The number of hydrogen-bond donors (Lipinski definition) is 1. The second kappa shape index (κ2) is 4.49. The van der Waals surface area contributed by atoms with E-state index in [1.165, 1.54) is 0 Å². The van der Waals surface area contributed by atoms with Crippen molar-refractivity contribution in [1.29, 1.82) is 0 Å². The summed E-state index contributed by atoms with van der Waals surface area (Å²) < 4.78 is 79.1. The highest BCUT2D eigenvalue weighted by molar-refractivity contribution is 5.67. The molecule has 0 aliphatic rings. The summed E-state index contributed by atoms with van der Waals surface area (Å²) in [6, 6.07) is 2.66. The molecule has 1 nitrogen and oxygen atoms in total. The van der Waals surface area contributed by atoms with Gasteiger partial charge in [-0.2, -0.15) is 0 Å². The van der Waals surface area contributed by atoms with Crippen LogP contribution in [0.3, 0.4) is 0 Å². The molecule has 0 bridgehead atoms. The van der Waals surface area contributed by atoms with Gasteiger partial charge in [-0.1, -0.05) is 12.1 Å². The molecule has 7 heteroatoms. The molecule has 0 saturated carbocycles. The fourth-order valence-corrected chi connectivity index (χ4v) is 1.55. The molecule has 0 heterocycles. The van der Waals surface area contributed by atoms with Crippen LogP contribution >= 0.6 is 0 Å². The fourth-order valence-electron chi connectivity index (χ4n) is 1.55. The standard InChI is InChI=1S/C12H4F6O/c13-7-4(2-1-3-5(7)19)6-8(14)10(16)12(18)11(17)9(6)15/h1-3,19H. The second-order valence-electron chi connectivity index (χ2n) is 3.58. The van der Waals surface area contributed by atoms with Gasteiger partial charge < -0.3 is 5.11 Å². The van der Waals surface area contributed by atoms with Gasteiger partial charge in [0.15, 0.2) is 34.8 Å². The maximum atomic E-state index is 13.5. The Hall–Kier alpha value is -2.18. The molecule has 2 rings (SSSR count). The monoisotopic (exact) mass is 278 g/mol. The molecule has 1 N–H and O–H groups in total. The van der Waals surface area contributed by atoms with Crippen LogP contribution in [-0.2, 0) is 0 Å². The van der Waals surface area contributed by atoms with Crippen molar-refractivity contribution in [3.8, 4) is 16.9 Å². The predicted octanol–water partition coefficient (Wildman–Crippen LogP) is 3.89. The third-order valence-corrected chi connectivity index (χ3v) is 2.46. The largest absolute Gasteiger partial charge is 0.505 e. The van der Waals surface area contributed by atoms with Crippen molar-refractivity contribution in [2.45, 2.75) is 0 Å². The predicted molar refractivity (Wildman–Crippen MR) is 53.3 cm³/mol. The summed E-state index contributed by atoms with van der Waals surface area (Å²) in [7, 11) is 0. The Labute approximate surface area is 102 Å². The first-order valence-electron chi connectivity index (χ1n) is 4.85. The Bertz CT molecular complexity index is 639. The molecule has 0 amide bonds. The molecular formula is C12H4F6O. The summed E-state index contributed by atoms with van der Waals surface area (Å²) >= 11 is 0. The molecule has 0 aliphatic carbocycles. The maximum absolute atomic E-state index is 13.5. The van der Waals surface area contributed by atoms with Crippen LogP contribution in [0.4, 0.5) is 26.3 Å². The lowest BCUT2D eigenvalue weighted by Crippen LogP contribution is -2.05. The Balaban J connectivity index is 2.87. The summed E-state index contributed by atoms with van der Waals surface area (Å²) in [5.74, 6) is -13.5. The van der Waals surface area contributed by atoms with Crippen LogP contribution in [0.5, 0.6) is 5.75 Å². The zero-order valence-electron chi connectivity index (χ0n) is 8.95. The van der Waals surface area contributed by atoms with Crippen LogP contribution in [0.2, 0.25) is 0 Å². The Morgan fingerprint density at radius 1 is 0.632 bits per heavy atom. The van der Waals surface area contributed by atoms with E-state index in [0.29, 0.717) is 0 Å². The summed E-state index contributed by atoms with van der Waals surface area (Å²) in [6.45, 7) is 0. The van der Waals surface area contributed by atoms with E-state index in [4.69, 9.17) is 5.11 Å². The third-order valence-electron chi connectivity index (χ3n) is 2.46. The first kappa shape index (κ1) is 13.3. The second-order valence-corrected chi connectivity index (χ2v) is 3.58. The molecule has 0 aliphatic heterocycles. The van der Waals surface area contributed by atoms with Crippen molar-refractivity contribution in [1.82, 2.24) is 0 Å². The lowest BCUT2D eigenvalue weighted by Gasteiger charge is -2.09. The smallest absolute Gasteiger partial charge is 0.200 e. The van der Waals surface area contributed by atoms with Crippen molar-refractivity contribution in [2.24, 2.45) is 0 Å². The van der Waals surface area contributed by atoms with Crippen LogP contribution in [0.15, 0.2) is 18.2 Å². The van der Waals surface area contributed by atoms with Gasteiger partial charge in [-0.15, -0.1) is 0 Å². The summed E-state index contributed by atoms with van der Waals surface area (Å²) in [5, 5.41) is 9.05. The van der Waals surface area contributed by atoms with Crippen LogP contribution in [0.25, 0.3) is 11.1 Å². The van der Waals surface area contributed by atoms with Gasteiger partial charge in [-0.3, -0.25) is 0 Å². The molecule has 2 aromatic rings. The Morgan fingerprint density at radius 3 is 1.63 bits per heavy atom. The first-order valence-corrected chi connectivity index (χ1v) is 4.85. The molecule has 0 atom stereocenters. The zero-order valence-corrected chi connectivity index (χ0v) is 8.95. The lowest BCUT2D eigenvalue weighted by atomic mass is 10.0. The summed E-state index contributed by atoms with van der Waals surface area (Å²) in [6.07, 6.45) is 0. The number of aromatic hydroxyl groups is 1. The van der Waals surface area contributed by atoms with Crippen molar-refractivity contribution < 1.29 is 31.4 Å². The van der Waals surface area contributed by atoms with E-state index in [1.54, 1.807) is 0 Å². The van der Waals surface area contributed by atoms with Gasteiger partial charge in [-0.05, 0) is 6.07 Å². The number of halogens is 6. The molecular weight excluding hydrogens is 274 g/mol. The molecule has 0 aromatic heterocycles. The van der Waals surface area contributed by atoms with Crippen molar-refractivity contribution in [2.75, 3.05) is 0 Å². The van der Waals surface area contributed by atoms with Crippen molar-refractivity contribution in [3.63, 3.8) is 0 Å². The van der Waals surface area contributed by atoms with Gasteiger partial charge in [0.25, 0.3) is 0 Å². The Morgan fingerprint density at radius 2 is 1.11 bits per heavy atom. The van der Waals surface area contributed by atoms with Gasteiger partial charge in [0.05, 0.1) is 5.56 Å². The number of phenolic OH excluding ortho intramolecular Hbond substituents is 1. The molecule has 0 saturated heterocycles. The van der Waals surface area contributed by atoms with Gasteiger partial charge in [0.1, 0.15) is 0 Å². The summed E-state index contributed by atoms with van der Waals surface area (Å²) in [4.78, 5) is 0. The minimum Gasteiger partial charge on any atom is -0.505 e. The number of rotatable bonds is 1. The molecule has 0 unspecified atom stereocenters. The summed E-state index contributed by atoms with van der Waals surface area (Å²) in [5.41, 5.74) is -2.35. The van der Waals surface area contributed by atoms with Crippen LogP contribution in [-0.4, -0.2) is 5.11 Å². The van der Waals surface area contributed by atoms with Gasteiger partial charge in [0.2, 0.25) is 5.82 Å². The van der Waals surface area contributed by atoms with Crippen LogP contribution < -0.4 is 0 Å². The van der Waals surface area contributed by atoms with E-state index < -0.39 is 51.8 Å². The van der Waals surface area contributed by atoms with E-state index in [-0.39, 0.29) is 0 Å². The number of phenols is 1. The third kappa shape index (κ3) is 1.91. The quantitative estimate of drug-likeness (QED) is 0.476. The molecule has 100 valence electrons. The van der Waals surface area contributed by atoms with Gasteiger partial charge >= 0.3 is 0 Å². The molecule has 19 heavy (non-hydrogen) atoms. The fraction of sp³-hybridized carbons (Fsp3) is 0. The first-order chi connectivity index (χ1) is 8.86. The molecule has 2 aromatic carbocycles. The van der Waals surface area contributed by atoms with E-state index in [2.05, 4.69) is 0 Å². The highest BCUT2D eigenvalue weighted by Crippen LogP contribution is 2.35. The van der Waals surface area contributed by atoms with Crippen LogP contribution in [0.1, 0.15) is 0 Å². The minimum atomic E-state index is -2.33. The van der Waals surface area contributed by atoms with Crippen molar-refractivity contribution in [3.05, 3.63) is 53.1 Å². The number of benzene rings is 2. The van der Waals surface area contributed by atoms with Gasteiger partial charge in [0, 0.05) is 5.56 Å². The average molecular weight is 278 g/mol. The molecule has 0 radical (unpaired) electrons. The SMILES string of the molecule is Oc1cccc(-c2c(F)c(F)c(F)c(F)c2F)c1F. The van der Waals surface area contributed by atoms with Crippen molar-refractivity contribution >= 4 is 0 Å². The van der Waals surface area contributed by atoms with E-state index in [1.807, 2.05) is 0 Å². The molecule has 0 fully saturated rings. The van der Waals surface area contributed by atoms with E-state index >= 15 is 0 Å². The highest BCUT2D eigenvalue weighted by atomic mass is 19.2. The molecule has 0 spiro atoms. The van der Waals surface area contributed by atoms with E-state index in [0.717, 1.165) is 18.2 Å². The maximum Gasteiger partial charge on any atom is 0.200 e. The lowest BCUT2D eigenvalue weighted by molar-refractivity contribution is 0.380. The Kier molecular flexibility index (Phi) is 3.13.